The van der Waals surface area contributed by atoms with Gasteiger partial charge in [-0.15, -0.1) is 0 Å². The van der Waals surface area contributed by atoms with Crippen molar-refractivity contribution < 1.29 is 4.58 Å². The Morgan fingerprint density at radius 2 is 1.55 bits per heavy atom. The van der Waals surface area contributed by atoms with E-state index < -0.39 is 0 Å². The minimum absolute atomic E-state index is 0.606. The van der Waals surface area contributed by atoms with Crippen LogP contribution >= 0.6 is 0 Å². The lowest BCUT2D eigenvalue weighted by atomic mass is 10.6. The monoisotopic (exact) mass is 151 g/mol. The van der Waals surface area contributed by atoms with Crippen molar-refractivity contribution in [2.75, 3.05) is 7.05 Å². The molecule has 0 saturated heterocycles. The van der Waals surface area contributed by atoms with Gasteiger partial charge in [0.1, 0.15) is 0 Å². The van der Waals surface area contributed by atoms with Crippen LogP contribution in [-0.2, 0) is 0 Å². The molecule has 0 saturated carbocycles. The highest BCUT2D eigenvalue weighted by molar-refractivity contribution is 5.20. The second kappa shape index (κ2) is 2.74. The minimum atomic E-state index is 0.606. The maximum Gasteiger partial charge on any atom is 0.435 e. The summed E-state index contributed by atoms with van der Waals surface area (Å²) in [5.41, 5.74) is 0. The zero-order valence-electron chi connectivity index (χ0n) is 7.00. The molecule has 58 valence electrons. The molecule has 4 nitrogen and oxygen atoms in total. The molecule has 1 aromatic heterocycles. The van der Waals surface area contributed by atoms with Crippen molar-refractivity contribution in [3.63, 3.8) is 0 Å². The molecule has 0 spiro atoms. The molecule has 4 heteroatoms. The highest BCUT2D eigenvalue weighted by Crippen LogP contribution is 2.00. The van der Waals surface area contributed by atoms with Crippen LogP contribution in [-0.4, -0.2) is 33.3 Å². The predicted molar refractivity (Wildman–Crippen MR) is 42.3 cm³/mol. The van der Waals surface area contributed by atoms with Gasteiger partial charge in [-0.3, -0.25) is 0 Å². The van der Waals surface area contributed by atoms with Crippen molar-refractivity contribution in [1.29, 1.82) is 0 Å². The van der Waals surface area contributed by atoms with Gasteiger partial charge in [-0.1, -0.05) is 9.97 Å². The Balaban J connectivity index is 3.19. The van der Waals surface area contributed by atoms with E-state index in [0.717, 1.165) is 11.6 Å². The summed E-state index contributed by atoms with van der Waals surface area (Å²) in [5.74, 6) is 2.06. The van der Waals surface area contributed by atoms with Gasteiger partial charge in [0.2, 0.25) is 11.6 Å². The summed E-state index contributed by atoms with van der Waals surface area (Å²) in [5, 5.41) is 0. The fourth-order valence-electron chi connectivity index (χ4n) is 0.769. The quantitative estimate of drug-likeness (QED) is 0.432. The zero-order valence-corrected chi connectivity index (χ0v) is 7.00. The summed E-state index contributed by atoms with van der Waals surface area (Å²) in [6, 6.07) is 0. The largest absolute Gasteiger partial charge is 0.435 e. The Kier molecular flexibility index (Phi) is 1.94. The van der Waals surface area contributed by atoms with Crippen LogP contribution in [0.1, 0.15) is 11.6 Å². The van der Waals surface area contributed by atoms with Gasteiger partial charge in [0.15, 0.2) is 0 Å². The first-order valence-electron chi connectivity index (χ1n) is 3.33. The molecule has 0 aromatic carbocycles. The second-order valence-electron chi connectivity index (χ2n) is 2.43. The molecule has 0 fully saturated rings. The summed E-state index contributed by atoms with van der Waals surface area (Å²) in [6.45, 7) is 7.34. The average molecular weight is 151 g/mol. The smallest absolute Gasteiger partial charge is 0.242 e. The Morgan fingerprint density at radius 1 is 1.09 bits per heavy atom. The highest BCUT2D eigenvalue weighted by Gasteiger charge is 2.09. The lowest BCUT2D eigenvalue weighted by Crippen LogP contribution is -2.04. The number of hydrogen-bond donors (Lipinski definition) is 0. The summed E-state index contributed by atoms with van der Waals surface area (Å²) >= 11 is 0. The van der Waals surface area contributed by atoms with Crippen LogP contribution in [0.4, 0.5) is 5.95 Å². The molecular formula is C7H11N4+. The van der Waals surface area contributed by atoms with Gasteiger partial charge in [0.05, 0.1) is 7.05 Å². The van der Waals surface area contributed by atoms with E-state index in [1.54, 1.807) is 11.6 Å². The first-order valence-corrected chi connectivity index (χ1v) is 3.33. The van der Waals surface area contributed by atoms with Gasteiger partial charge < -0.3 is 0 Å². The summed E-state index contributed by atoms with van der Waals surface area (Å²) in [7, 11) is 1.80. The first kappa shape index (κ1) is 7.78. The van der Waals surface area contributed by atoms with Crippen molar-refractivity contribution >= 4 is 12.7 Å². The Hall–Kier alpha value is -1.32. The number of nitrogens with zero attached hydrogens (tertiary/aromatic N) is 4. The highest BCUT2D eigenvalue weighted by atomic mass is 15.2. The third kappa shape index (κ3) is 1.80. The molecule has 0 aliphatic rings. The molecule has 0 amide bonds. The van der Waals surface area contributed by atoms with Crippen LogP contribution < -0.4 is 0 Å². The number of aromatic nitrogens is 3. The van der Waals surface area contributed by atoms with E-state index >= 15 is 0 Å². The summed E-state index contributed by atoms with van der Waals surface area (Å²) in [6.07, 6.45) is 0. The predicted octanol–water partition coefficient (Wildman–Crippen LogP) is 0.463. The van der Waals surface area contributed by atoms with E-state index in [9.17, 15) is 0 Å². The molecule has 0 aliphatic carbocycles. The molecule has 0 unspecified atom stereocenters. The maximum absolute atomic E-state index is 4.07. The molecular weight excluding hydrogens is 140 g/mol. The lowest BCUT2D eigenvalue weighted by Gasteiger charge is -1.91. The second-order valence-corrected chi connectivity index (χ2v) is 2.43. The van der Waals surface area contributed by atoms with Gasteiger partial charge in [0.25, 0.3) is 0 Å². The normalized spacial score (nSPS) is 9.73. The van der Waals surface area contributed by atoms with E-state index in [4.69, 9.17) is 0 Å². The average Bonchev–Trinajstić information content (AvgIpc) is 1.85. The Bertz CT molecular complexity index is 272. The van der Waals surface area contributed by atoms with Gasteiger partial charge in [-0.2, -0.15) is 4.98 Å². The van der Waals surface area contributed by atoms with Crippen LogP contribution in [0, 0.1) is 13.8 Å². The molecule has 0 aliphatic heterocycles. The minimum Gasteiger partial charge on any atom is -0.242 e. The van der Waals surface area contributed by atoms with E-state index in [1.807, 2.05) is 13.8 Å². The fraction of sp³-hybridized carbons (Fsp3) is 0.429. The molecule has 0 atom stereocenters. The molecule has 1 heterocycles. The number of rotatable bonds is 1. The van der Waals surface area contributed by atoms with Gasteiger partial charge >= 0.3 is 5.95 Å². The third-order valence-electron chi connectivity index (χ3n) is 1.19. The topological polar surface area (TPSA) is 41.7 Å². The van der Waals surface area contributed by atoms with Crippen molar-refractivity contribution in [3.8, 4) is 0 Å². The molecule has 0 bridgehead atoms. The maximum atomic E-state index is 4.07. The van der Waals surface area contributed by atoms with E-state index in [1.165, 1.54) is 0 Å². The molecule has 1 rings (SSSR count). The molecule has 11 heavy (non-hydrogen) atoms. The zero-order chi connectivity index (χ0) is 8.43. The summed E-state index contributed by atoms with van der Waals surface area (Å²) < 4.78 is 1.61. The Morgan fingerprint density at radius 3 is 1.91 bits per heavy atom. The lowest BCUT2D eigenvalue weighted by molar-refractivity contribution is -0.404. The molecule has 0 radical (unpaired) electrons. The fourth-order valence-corrected chi connectivity index (χ4v) is 0.769. The van der Waals surface area contributed by atoms with Crippen LogP contribution in [0.25, 0.3) is 0 Å². The van der Waals surface area contributed by atoms with Crippen LogP contribution in [0.5, 0.6) is 0 Å². The Labute approximate surface area is 65.7 Å². The van der Waals surface area contributed by atoms with Crippen molar-refractivity contribution in [1.82, 2.24) is 15.0 Å². The molecule has 0 N–H and O–H groups in total. The van der Waals surface area contributed by atoms with Crippen molar-refractivity contribution in [2.45, 2.75) is 13.8 Å². The third-order valence-corrected chi connectivity index (χ3v) is 1.19. The van der Waals surface area contributed by atoms with Gasteiger partial charge in [-0.25, -0.2) is 4.58 Å². The van der Waals surface area contributed by atoms with E-state index in [0.29, 0.717) is 5.95 Å². The van der Waals surface area contributed by atoms with Gasteiger partial charge in [0, 0.05) is 20.6 Å². The van der Waals surface area contributed by atoms with Crippen LogP contribution in [0.15, 0.2) is 0 Å². The number of hydrogen-bond acceptors (Lipinski definition) is 3. The van der Waals surface area contributed by atoms with E-state index in [-0.39, 0.29) is 0 Å². The van der Waals surface area contributed by atoms with Crippen LogP contribution in [0.2, 0.25) is 0 Å². The first-order chi connectivity index (χ1) is 5.09. The molecule has 1 aromatic rings. The summed E-state index contributed by atoms with van der Waals surface area (Å²) in [4.78, 5) is 12.2. The van der Waals surface area contributed by atoms with Crippen molar-refractivity contribution in [2.24, 2.45) is 0 Å². The standard InChI is InChI=1S/C7H11N4/c1-5-8-6(2)10-7(9-5)11(3)4/h3H2,1-2,4H3/q+1. The SMILES string of the molecule is C=[N+](C)c1nc(C)nc(C)n1. The van der Waals surface area contributed by atoms with E-state index in [2.05, 4.69) is 21.7 Å². The van der Waals surface area contributed by atoms with Gasteiger partial charge in [-0.05, 0) is 0 Å². The van der Waals surface area contributed by atoms with Crippen molar-refractivity contribution in [3.05, 3.63) is 11.6 Å². The number of aryl methyl sites for hydroxylation is 2. The van der Waals surface area contributed by atoms with Crippen LogP contribution in [0.3, 0.4) is 0 Å².